The zero-order valence-corrected chi connectivity index (χ0v) is 13.0. The number of anilines is 1. The van der Waals surface area contributed by atoms with Crippen LogP contribution in [0.3, 0.4) is 0 Å². The van der Waals surface area contributed by atoms with Crippen molar-refractivity contribution in [2.45, 2.75) is 0 Å². The Bertz CT molecular complexity index is 1090. The first-order valence-electron chi connectivity index (χ1n) is 7.58. The lowest BCUT2D eigenvalue weighted by molar-refractivity contribution is 0.411. The highest BCUT2D eigenvalue weighted by molar-refractivity contribution is 6.30. The Morgan fingerprint density at radius 1 is 1.20 bits per heavy atom. The van der Waals surface area contributed by atoms with Gasteiger partial charge in [-0.05, 0) is 24.3 Å². The first-order chi connectivity index (χ1) is 12.0. The molecule has 2 aromatic carbocycles. The molecule has 0 saturated carbocycles. The fourth-order valence-electron chi connectivity index (χ4n) is 2.89. The van der Waals surface area contributed by atoms with Gasteiger partial charge in [-0.3, -0.25) is 10.2 Å². The zero-order chi connectivity index (χ0) is 17.6. The van der Waals surface area contributed by atoms with E-state index in [0.29, 0.717) is 0 Å². The van der Waals surface area contributed by atoms with Crippen LogP contribution in [-0.2, 0) is 0 Å². The van der Waals surface area contributed by atoms with Gasteiger partial charge in [0.2, 0.25) is 0 Å². The van der Waals surface area contributed by atoms with E-state index in [9.17, 15) is 14.3 Å². The number of nitrogens with one attached hydrogen (secondary N) is 2. The summed E-state index contributed by atoms with van der Waals surface area (Å²) in [6.45, 7) is 0.100. The van der Waals surface area contributed by atoms with E-state index in [1.807, 2.05) is 30.3 Å². The summed E-state index contributed by atoms with van der Waals surface area (Å²) in [6.07, 6.45) is 0. The molecule has 1 aromatic heterocycles. The summed E-state index contributed by atoms with van der Waals surface area (Å²) in [5, 5.41) is 18.9. The molecule has 0 saturated heterocycles. The number of benzene rings is 2. The second kappa shape index (κ2) is 5.55. The molecule has 0 aliphatic carbocycles. The van der Waals surface area contributed by atoms with Crippen LogP contribution in [0.5, 0.6) is 0 Å². The summed E-state index contributed by atoms with van der Waals surface area (Å²) < 4.78 is 13.4. The maximum absolute atomic E-state index is 13.4. The Morgan fingerprint density at radius 3 is 2.72 bits per heavy atom. The van der Waals surface area contributed by atoms with Crippen LogP contribution in [0.4, 0.5) is 10.1 Å². The van der Waals surface area contributed by atoms with E-state index >= 15 is 0 Å². The van der Waals surface area contributed by atoms with Crippen LogP contribution in [0.1, 0.15) is 5.82 Å². The molecule has 0 amide bonds. The van der Waals surface area contributed by atoms with Crippen LogP contribution < -0.4 is 10.5 Å². The van der Waals surface area contributed by atoms with Crippen molar-refractivity contribution in [3.63, 3.8) is 0 Å². The number of para-hydroxylation sites is 1. The normalized spacial score (nSPS) is 14.6. The molecule has 0 fully saturated rings. The monoisotopic (exact) mass is 336 g/mol. The van der Waals surface area contributed by atoms with Gasteiger partial charge in [-0.25, -0.2) is 9.37 Å². The molecule has 6 nitrogen and oxygen atoms in total. The van der Waals surface area contributed by atoms with Crippen LogP contribution >= 0.6 is 0 Å². The summed E-state index contributed by atoms with van der Waals surface area (Å²) >= 11 is 0. The SMILES string of the molecule is N=C1C(c2nc3cc(F)ccc3c(=O)[nH]2)=C(O)CN1c1ccccc1. The molecule has 1 aliphatic heterocycles. The molecule has 0 unspecified atom stereocenters. The summed E-state index contributed by atoms with van der Waals surface area (Å²) in [5.74, 6) is -0.526. The summed E-state index contributed by atoms with van der Waals surface area (Å²) in [4.78, 5) is 20.6. The molecule has 0 spiro atoms. The number of amidine groups is 1. The first-order valence-corrected chi connectivity index (χ1v) is 7.58. The van der Waals surface area contributed by atoms with Gasteiger partial charge in [-0.1, -0.05) is 18.2 Å². The van der Waals surface area contributed by atoms with Gasteiger partial charge in [0, 0.05) is 11.8 Å². The number of aromatic nitrogens is 2. The van der Waals surface area contributed by atoms with Crippen molar-refractivity contribution >= 4 is 28.0 Å². The minimum absolute atomic E-state index is 0.0163. The topological polar surface area (TPSA) is 93.1 Å². The number of aliphatic hydroxyl groups is 1. The molecule has 3 aromatic rings. The van der Waals surface area contributed by atoms with E-state index in [1.54, 1.807) is 4.90 Å². The third kappa shape index (κ3) is 2.46. The number of nitrogens with zero attached hydrogens (tertiary/aromatic N) is 2. The van der Waals surface area contributed by atoms with Gasteiger partial charge in [0.05, 0.1) is 23.0 Å². The van der Waals surface area contributed by atoms with Crippen molar-refractivity contribution < 1.29 is 9.50 Å². The molecule has 0 bridgehead atoms. The van der Waals surface area contributed by atoms with Crippen molar-refractivity contribution in [3.8, 4) is 0 Å². The van der Waals surface area contributed by atoms with Gasteiger partial charge in [-0.15, -0.1) is 0 Å². The number of aromatic amines is 1. The minimum Gasteiger partial charge on any atom is -0.509 e. The number of fused-ring (bicyclic) bond motifs is 1. The van der Waals surface area contributed by atoms with E-state index in [0.717, 1.165) is 11.8 Å². The first kappa shape index (κ1) is 15.1. The number of hydrogen-bond donors (Lipinski definition) is 3. The highest BCUT2D eigenvalue weighted by Crippen LogP contribution is 2.29. The quantitative estimate of drug-likeness (QED) is 0.671. The van der Waals surface area contributed by atoms with E-state index in [2.05, 4.69) is 9.97 Å². The summed E-state index contributed by atoms with van der Waals surface area (Å²) in [6, 6.07) is 12.8. The van der Waals surface area contributed by atoms with Gasteiger partial charge < -0.3 is 15.0 Å². The van der Waals surface area contributed by atoms with Crippen LogP contribution in [0, 0.1) is 11.2 Å². The lowest BCUT2D eigenvalue weighted by Crippen LogP contribution is -2.26. The molecule has 1 aliphatic rings. The fourth-order valence-corrected chi connectivity index (χ4v) is 2.89. The number of halogens is 1. The minimum atomic E-state index is -0.512. The number of H-pyrrole nitrogens is 1. The Hall–Kier alpha value is -3.48. The average Bonchev–Trinajstić information content (AvgIpc) is 2.89. The lowest BCUT2D eigenvalue weighted by atomic mass is 10.2. The number of rotatable bonds is 2. The van der Waals surface area contributed by atoms with E-state index in [4.69, 9.17) is 5.41 Å². The van der Waals surface area contributed by atoms with Crippen molar-refractivity contribution in [2.24, 2.45) is 0 Å². The Balaban J connectivity index is 1.82. The second-order valence-corrected chi connectivity index (χ2v) is 5.67. The largest absolute Gasteiger partial charge is 0.509 e. The van der Waals surface area contributed by atoms with Crippen LogP contribution in [0.25, 0.3) is 16.5 Å². The van der Waals surface area contributed by atoms with Crippen LogP contribution in [0.15, 0.2) is 59.1 Å². The van der Waals surface area contributed by atoms with Crippen molar-refractivity contribution in [2.75, 3.05) is 11.4 Å². The molecule has 7 heteroatoms. The van der Waals surface area contributed by atoms with Gasteiger partial charge in [0.15, 0.2) is 0 Å². The van der Waals surface area contributed by atoms with E-state index in [-0.39, 0.29) is 40.4 Å². The molecule has 0 radical (unpaired) electrons. The third-order valence-corrected chi connectivity index (χ3v) is 4.08. The number of aliphatic hydroxyl groups excluding tert-OH is 1. The molecule has 124 valence electrons. The third-order valence-electron chi connectivity index (χ3n) is 4.08. The zero-order valence-electron chi connectivity index (χ0n) is 13.0. The predicted molar refractivity (Wildman–Crippen MR) is 93.4 cm³/mol. The van der Waals surface area contributed by atoms with Crippen molar-refractivity contribution in [1.29, 1.82) is 5.41 Å². The fraction of sp³-hybridized carbons (Fsp3) is 0.0556. The van der Waals surface area contributed by atoms with Crippen LogP contribution in [0.2, 0.25) is 0 Å². The Kier molecular flexibility index (Phi) is 3.35. The Labute approximate surface area is 141 Å². The highest BCUT2D eigenvalue weighted by Gasteiger charge is 2.31. The molecule has 4 rings (SSSR count). The van der Waals surface area contributed by atoms with Gasteiger partial charge in [-0.2, -0.15) is 0 Å². The van der Waals surface area contributed by atoms with Gasteiger partial charge in [0.1, 0.15) is 23.2 Å². The molecule has 2 heterocycles. The average molecular weight is 336 g/mol. The van der Waals surface area contributed by atoms with Crippen LogP contribution in [-0.4, -0.2) is 27.5 Å². The van der Waals surface area contributed by atoms with E-state index < -0.39 is 11.4 Å². The molecule has 25 heavy (non-hydrogen) atoms. The molecular weight excluding hydrogens is 323 g/mol. The molecular formula is C18H13FN4O2. The maximum atomic E-state index is 13.4. The summed E-state index contributed by atoms with van der Waals surface area (Å²) in [7, 11) is 0. The lowest BCUT2D eigenvalue weighted by Gasteiger charge is -2.18. The standard InChI is InChI=1S/C18H13FN4O2/c19-10-6-7-12-13(8-10)21-17(22-18(12)25)15-14(24)9-23(16(15)20)11-4-2-1-3-5-11/h1-8,20,24H,9H2,(H,21,22,25). The smallest absolute Gasteiger partial charge is 0.259 e. The maximum Gasteiger partial charge on any atom is 0.259 e. The second-order valence-electron chi connectivity index (χ2n) is 5.67. The molecule has 3 N–H and O–H groups in total. The molecule has 0 atom stereocenters. The van der Waals surface area contributed by atoms with Crippen molar-refractivity contribution in [3.05, 3.63) is 76.3 Å². The Morgan fingerprint density at radius 2 is 1.96 bits per heavy atom. The predicted octanol–water partition coefficient (Wildman–Crippen LogP) is 2.83. The summed E-state index contributed by atoms with van der Waals surface area (Å²) in [5.41, 5.74) is 0.589. The van der Waals surface area contributed by atoms with Gasteiger partial charge >= 0.3 is 0 Å². The van der Waals surface area contributed by atoms with Gasteiger partial charge in [0.25, 0.3) is 5.56 Å². The van der Waals surface area contributed by atoms with E-state index in [1.165, 1.54) is 12.1 Å². The highest BCUT2D eigenvalue weighted by atomic mass is 19.1. The van der Waals surface area contributed by atoms with Crippen molar-refractivity contribution in [1.82, 2.24) is 9.97 Å². The number of hydrogen-bond acceptors (Lipinski definition) is 4.